The first-order chi connectivity index (χ1) is 24.8. The number of benzene rings is 4. The van der Waals surface area contributed by atoms with Gasteiger partial charge in [0.1, 0.15) is 5.75 Å². The third kappa shape index (κ3) is 8.92. The SMILES string of the molecule is [N-]=[N+]=Nc1ccccc1[C@H]1OC(c2ccc(OCCCO)cc2)=N[C@@]1(C/C=C/c1ccccc1)C(=O)NCc1cc(C(F)(F)F)cc(C(F)(F)F)c1. The molecule has 2 N–H and O–H groups in total. The van der Waals surface area contributed by atoms with Gasteiger partial charge in [-0.05, 0) is 59.1 Å². The Kier molecular flexibility index (Phi) is 11.6. The van der Waals surface area contributed by atoms with Crippen LogP contribution in [-0.4, -0.2) is 35.7 Å². The van der Waals surface area contributed by atoms with E-state index in [0.717, 1.165) is 5.56 Å². The van der Waals surface area contributed by atoms with Crippen LogP contribution in [0.3, 0.4) is 0 Å². The number of azide groups is 1. The number of carbonyl (C=O) groups excluding carboxylic acids is 1. The van der Waals surface area contributed by atoms with Gasteiger partial charge in [-0.25, -0.2) is 4.99 Å². The number of nitrogens with zero attached hydrogens (tertiary/aromatic N) is 4. The van der Waals surface area contributed by atoms with Gasteiger partial charge in [-0.15, -0.1) is 0 Å². The summed E-state index contributed by atoms with van der Waals surface area (Å²) < 4.78 is 93.7. The Labute approximate surface area is 293 Å². The third-order valence-corrected chi connectivity index (χ3v) is 8.04. The zero-order chi connectivity index (χ0) is 37.4. The summed E-state index contributed by atoms with van der Waals surface area (Å²) in [6.45, 7) is -0.508. The molecule has 0 saturated heterocycles. The van der Waals surface area contributed by atoms with Gasteiger partial charge in [0.2, 0.25) is 5.90 Å². The lowest BCUT2D eigenvalue weighted by Crippen LogP contribution is -2.47. The number of aliphatic hydroxyl groups is 1. The van der Waals surface area contributed by atoms with Gasteiger partial charge in [-0.3, -0.25) is 4.79 Å². The summed E-state index contributed by atoms with van der Waals surface area (Å²) in [7, 11) is 0. The molecule has 4 aromatic carbocycles. The topological polar surface area (TPSA) is 129 Å². The molecule has 0 radical (unpaired) electrons. The van der Waals surface area contributed by atoms with Crippen molar-refractivity contribution in [1.29, 1.82) is 0 Å². The molecule has 0 aromatic heterocycles. The molecule has 1 amide bonds. The van der Waals surface area contributed by atoms with Crippen molar-refractivity contribution in [3.63, 3.8) is 0 Å². The average Bonchev–Trinajstić information content (AvgIpc) is 3.51. The van der Waals surface area contributed by atoms with Crippen LogP contribution in [0.5, 0.6) is 5.75 Å². The molecule has 4 aromatic rings. The molecular weight excluding hydrogens is 692 g/mol. The maximum atomic E-state index is 14.5. The predicted molar refractivity (Wildman–Crippen MR) is 180 cm³/mol. The molecule has 0 bridgehead atoms. The molecule has 15 heteroatoms. The van der Waals surface area contributed by atoms with Gasteiger partial charge in [-0.2, -0.15) is 26.3 Å². The van der Waals surface area contributed by atoms with Crippen LogP contribution in [0.2, 0.25) is 0 Å². The van der Waals surface area contributed by atoms with E-state index in [9.17, 15) is 36.7 Å². The molecule has 1 heterocycles. The molecule has 270 valence electrons. The zero-order valence-electron chi connectivity index (χ0n) is 27.2. The number of hydrogen-bond acceptors (Lipinski definition) is 6. The van der Waals surface area contributed by atoms with Crippen LogP contribution in [-0.2, 0) is 28.4 Å². The van der Waals surface area contributed by atoms with E-state index in [-0.39, 0.29) is 42.8 Å². The number of nitrogens with one attached hydrogen (secondary N) is 1. The fourth-order valence-corrected chi connectivity index (χ4v) is 5.54. The van der Waals surface area contributed by atoms with E-state index in [4.69, 9.17) is 19.6 Å². The third-order valence-electron chi connectivity index (χ3n) is 8.04. The predicted octanol–water partition coefficient (Wildman–Crippen LogP) is 9.10. The smallest absolute Gasteiger partial charge is 0.416 e. The molecule has 0 unspecified atom stereocenters. The number of aliphatic hydroxyl groups excluding tert-OH is 1. The van der Waals surface area contributed by atoms with E-state index in [2.05, 4.69) is 15.3 Å². The van der Waals surface area contributed by atoms with Crippen LogP contribution in [0.15, 0.2) is 113 Å². The van der Waals surface area contributed by atoms with Crippen LogP contribution >= 0.6 is 0 Å². The lowest BCUT2D eigenvalue weighted by Gasteiger charge is -2.30. The molecule has 1 aliphatic rings. The lowest BCUT2D eigenvalue weighted by atomic mass is 9.83. The minimum Gasteiger partial charge on any atom is -0.494 e. The Morgan fingerprint density at radius 3 is 2.25 bits per heavy atom. The summed E-state index contributed by atoms with van der Waals surface area (Å²) in [5.74, 6) is -0.407. The molecule has 0 fully saturated rings. The Bertz CT molecular complexity index is 1950. The highest BCUT2D eigenvalue weighted by Gasteiger charge is 2.53. The van der Waals surface area contributed by atoms with Crippen molar-refractivity contribution in [2.24, 2.45) is 10.1 Å². The first-order valence-electron chi connectivity index (χ1n) is 15.9. The second-order valence-electron chi connectivity index (χ2n) is 11.7. The minimum atomic E-state index is -5.09. The maximum Gasteiger partial charge on any atom is 0.416 e. The average molecular weight is 724 g/mol. The van der Waals surface area contributed by atoms with Crippen molar-refractivity contribution in [2.45, 2.75) is 43.4 Å². The molecule has 9 nitrogen and oxygen atoms in total. The number of alkyl halides is 6. The van der Waals surface area contributed by atoms with Gasteiger partial charge in [0.25, 0.3) is 5.91 Å². The highest BCUT2D eigenvalue weighted by Crippen LogP contribution is 2.46. The van der Waals surface area contributed by atoms with Gasteiger partial charge in [0, 0.05) is 47.7 Å². The van der Waals surface area contributed by atoms with Crippen molar-refractivity contribution >= 4 is 23.6 Å². The standard InChI is InChI=1S/C37H31F6N5O4/c38-36(39,40)27-20-25(21-28(22-27)37(41,42)43)23-45-34(50)35(17-6-10-24-8-2-1-3-9-24)32(30-11-4-5-12-31(30)47-48-44)52-33(46-35)26-13-15-29(16-14-26)51-19-7-18-49/h1-6,8-16,20-22,32,49H,7,17-19,23H2,(H,45,50)/b10-6+/t32-,35-/m1/s1. The van der Waals surface area contributed by atoms with Crippen LogP contribution in [0.25, 0.3) is 16.5 Å². The molecule has 0 saturated carbocycles. The number of halogens is 6. The first kappa shape index (κ1) is 37.5. The Hall–Kier alpha value is -5.79. The monoisotopic (exact) mass is 723 g/mol. The fraction of sp³-hybridized carbons (Fsp3) is 0.243. The van der Waals surface area contributed by atoms with E-state index in [1.54, 1.807) is 66.7 Å². The highest BCUT2D eigenvalue weighted by molar-refractivity contribution is 6.01. The van der Waals surface area contributed by atoms with Crippen molar-refractivity contribution in [2.75, 3.05) is 13.2 Å². The number of aliphatic imine (C=N–C) groups is 1. The number of carbonyl (C=O) groups is 1. The molecule has 0 spiro atoms. The molecule has 2 atom stereocenters. The quantitative estimate of drug-likeness (QED) is 0.0469. The van der Waals surface area contributed by atoms with E-state index in [0.29, 0.717) is 29.9 Å². The zero-order valence-corrected chi connectivity index (χ0v) is 27.2. The van der Waals surface area contributed by atoms with Gasteiger partial charge < -0.3 is 19.9 Å². The van der Waals surface area contributed by atoms with E-state index in [1.807, 2.05) is 18.2 Å². The molecule has 5 rings (SSSR count). The number of ether oxygens (including phenoxy) is 2. The van der Waals surface area contributed by atoms with Crippen LogP contribution in [0, 0.1) is 0 Å². The molecule has 52 heavy (non-hydrogen) atoms. The van der Waals surface area contributed by atoms with Crippen molar-refractivity contribution in [1.82, 2.24) is 5.32 Å². The van der Waals surface area contributed by atoms with Crippen molar-refractivity contribution in [3.8, 4) is 5.75 Å². The summed E-state index contributed by atoms with van der Waals surface area (Å²) >= 11 is 0. The molecular formula is C37H31F6N5O4. The first-order valence-corrected chi connectivity index (χ1v) is 15.9. The number of amides is 1. The lowest BCUT2D eigenvalue weighted by molar-refractivity contribution is -0.143. The van der Waals surface area contributed by atoms with E-state index < -0.39 is 53.1 Å². The highest BCUT2D eigenvalue weighted by atomic mass is 19.4. The minimum absolute atomic E-state index is 0.00813. The number of hydrogen-bond donors (Lipinski definition) is 2. The Morgan fingerprint density at radius 1 is 0.962 bits per heavy atom. The van der Waals surface area contributed by atoms with Crippen LogP contribution < -0.4 is 10.1 Å². The normalized spacial score (nSPS) is 17.3. The summed E-state index contributed by atoms with van der Waals surface area (Å²) in [5.41, 5.74) is 5.44. The maximum absolute atomic E-state index is 14.5. The number of rotatable bonds is 13. The Morgan fingerprint density at radius 2 is 1.62 bits per heavy atom. The van der Waals surface area contributed by atoms with Crippen LogP contribution in [0.4, 0.5) is 32.0 Å². The summed E-state index contributed by atoms with van der Waals surface area (Å²) in [4.78, 5) is 22.1. The van der Waals surface area contributed by atoms with Crippen LogP contribution in [0.1, 0.15) is 52.3 Å². The summed E-state index contributed by atoms with van der Waals surface area (Å²) in [6.07, 6.45) is -7.83. The van der Waals surface area contributed by atoms with Gasteiger partial charge in [-0.1, -0.05) is 71.9 Å². The second-order valence-corrected chi connectivity index (χ2v) is 11.7. The summed E-state index contributed by atoms with van der Waals surface area (Å²) in [6, 6.07) is 22.9. The van der Waals surface area contributed by atoms with Gasteiger partial charge in [0.05, 0.1) is 17.7 Å². The Balaban J connectivity index is 1.60. The summed E-state index contributed by atoms with van der Waals surface area (Å²) in [5, 5.41) is 15.3. The van der Waals surface area contributed by atoms with Gasteiger partial charge in [0.15, 0.2) is 11.6 Å². The van der Waals surface area contributed by atoms with E-state index in [1.165, 1.54) is 6.07 Å². The van der Waals surface area contributed by atoms with E-state index >= 15 is 0 Å². The van der Waals surface area contributed by atoms with Crippen molar-refractivity contribution in [3.05, 3.63) is 147 Å². The molecule has 1 aliphatic heterocycles. The fourth-order valence-electron chi connectivity index (χ4n) is 5.54. The largest absolute Gasteiger partial charge is 0.494 e. The second kappa shape index (κ2) is 16.0. The van der Waals surface area contributed by atoms with Crippen molar-refractivity contribution < 1.29 is 45.7 Å². The van der Waals surface area contributed by atoms with Gasteiger partial charge >= 0.3 is 12.4 Å². The molecule has 0 aliphatic carbocycles.